The van der Waals surface area contributed by atoms with Crippen molar-refractivity contribution in [3.63, 3.8) is 0 Å². The van der Waals surface area contributed by atoms with Crippen LogP contribution in [0.15, 0.2) is 66.7 Å². The maximum atomic E-state index is 13.6. The van der Waals surface area contributed by atoms with Gasteiger partial charge in [0.15, 0.2) is 0 Å². The minimum atomic E-state index is -0.364. The number of carbonyl (C=O) groups is 3. The summed E-state index contributed by atoms with van der Waals surface area (Å²) in [5.41, 5.74) is 1.32. The number of rotatable bonds is 7. The molecule has 1 N–H and O–H groups in total. The molecule has 1 aliphatic heterocycles. The zero-order valence-electron chi connectivity index (χ0n) is 23.8. The Balaban J connectivity index is 1.33. The predicted octanol–water partition coefficient (Wildman–Crippen LogP) is 5.26. The monoisotopic (exact) mass is 554 g/mol. The van der Waals surface area contributed by atoms with E-state index in [0.29, 0.717) is 17.7 Å². The Labute approximate surface area is 241 Å². The molecule has 3 aromatic carbocycles. The Morgan fingerprint density at radius 2 is 1.76 bits per heavy atom. The van der Waals surface area contributed by atoms with Crippen LogP contribution in [-0.4, -0.2) is 54.5 Å². The molecule has 1 heterocycles. The lowest BCUT2D eigenvalue weighted by Gasteiger charge is -2.55. The Morgan fingerprint density at radius 3 is 2.51 bits per heavy atom. The zero-order chi connectivity index (χ0) is 28.6. The van der Waals surface area contributed by atoms with E-state index in [1.165, 1.54) is 26.7 Å². The van der Waals surface area contributed by atoms with Crippen LogP contribution in [0.5, 0.6) is 5.75 Å². The Morgan fingerprint density at radius 1 is 0.951 bits per heavy atom. The maximum absolute atomic E-state index is 13.6. The first-order valence-electron chi connectivity index (χ1n) is 14.8. The molecule has 41 heavy (non-hydrogen) atoms. The van der Waals surface area contributed by atoms with E-state index in [1.54, 1.807) is 6.07 Å². The third-order valence-corrected chi connectivity index (χ3v) is 9.16. The molecule has 6 rings (SSSR count). The topological polar surface area (TPSA) is 84.9 Å². The van der Waals surface area contributed by atoms with Gasteiger partial charge in [0.05, 0.1) is 0 Å². The van der Waals surface area contributed by atoms with E-state index < -0.39 is 0 Å². The van der Waals surface area contributed by atoms with Gasteiger partial charge in [-0.2, -0.15) is 0 Å². The van der Waals surface area contributed by atoms with Crippen LogP contribution in [0.3, 0.4) is 0 Å². The van der Waals surface area contributed by atoms with Crippen LogP contribution in [-0.2, 0) is 19.7 Å². The maximum Gasteiger partial charge on any atom is 0.308 e. The summed E-state index contributed by atoms with van der Waals surface area (Å²) in [6, 6.07) is 21.3. The average Bonchev–Trinajstić information content (AvgIpc) is 3.76. The van der Waals surface area contributed by atoms with Crippen molar-refractivity contribution < 1.29 is 23.9 Å². The van der Waals surface area contributed by atoms with Crippen molar-refractivity contribution in [3.8, 4) is 5.75 Å². The number of amides is 1. The van der Waals surface area contributed by atoms with Crippen molar-refractivity contribution >= 4 is 28.6 Å². The number of piperidine rings is 1. The van der Waals surface area contributed by atoms with Crippen molar-refractivity contribution in [1.82, 2.24) is 10.2 Å². The second kappa shape index (κ2) is 11.3. The third-order valence-electron chi connectivity index (χ3n) is 9.16. The Hall–Kier alpha value is -3.71. The summed E-state index contributed by atoms with van der Waals surface area (Å²) in [6.07, 6.45) is 4.37. The van der Waals surface area contributed by atoms with Crippen molar-refractivity contribution in [1.29, 1.82) is 0 Å². The van der Waals surface area contributed by atoms with E-state index in [4.69, 9.17) is 9.47 Å². The highest BCUT2D eigenvalue weighted by atomic mass is 16.5. The van der Waals surface area contributed by atoms with Crippen molar-refractivity contribution in [2.75, 3.05) is 19.6 Å². The first kappa shape index (κ1) is 27.5. The first-order valence-corrected chi connectivity index (χ1v) is 14.8. The number of nitrogens with one attached hydrogen (secondary N) is 1. The summed E-state index contributed by atoms with van der Waals surface area (Å²) in [6.45, 7) is 5.71. The van der Waals surface area contributed by atoms with Gasteiger partial charge in [0.2, 0.25) is 0 Å². The molecule has 2 saturated carbocycles. The van der Waals surface area contributed by atoms with Crippen molar-refractivity contribution in [2.45, 2.75) is 63.5 Å². The van der Waals surface area contributed by atoms with Gasteiger partial charge in [0.1, 0.15) is 11.9 Å². The highest BCUT2D eigenvalue weighted by Gasteiger charge is 2.54. The molecule has 0 bridgehead atoms. The third kappa shape index (κ3) is 6.01. The Kier molecular flexibility index (Phi) is 7.56. The van der Waals surface area contributed by atoms with Crippen LogP contribution in [0.1, 0.15) is 61.9 Å². The highest BCUT2D eigenvalue weighted by Crippen LogP contribution is 2.51. The lowest BCUT2D eigenvalue weighted by atomic mass is 9.56. The van der Waals surface area contributed by atoms with Crippen LogP contribution in [0.4, 0.5) is 0 Å². The fourth-order valence-corrected chi connectivity index (χ4v) is 7.18. The van der Waals surface area contributed by atoms with E-state index >= 15 is 0 Å². The lowest BCUT2D eigenvalue weighted by Crippen LogP contribution is -2.61. The normalized spacial score (nSPS) is 26.1. The van der Waals surface area contributed by atoms with E-state index in [1.807, 2.05) is 54.6 Å². The van der Waals surface area contributed by atoms with Gasteiger partial charge in [-0.3, -0.25) is 14.4 Å². The molecule has 214 valence electrons. The van der Waals surface area contributed by atoms with Gasteiger partial charge < -0.3 is 19.7 Å². The number of likely N-dealkylation sites (tertiary alicyclic amines) is 1. The van der Waals surface area contributed by atoms with Crippen LogP contribution < -0.4 is 10.1 Å². The van der Waals surface area contributed by atoms with Crippen LogP contribution in [0.25, 0.3) is 10.8 Å². The van der Waals surface area contributed by atoms with Gasteiger partial charge in [0, 0.05) is 56.3 Å². The molecular formula is C34H38N2O5. The molecule has 0 spiro atoms. The molecule has 3 fully saturated rings. The number of fused-ring (bicyclic) bond motifs is 2. The number of ether oxygens (including phenoxy) is 2. The summed E-state index contributed by atoms with van der Waals surface area (Å²) in [7, 11) is 0. The molecule has 7 heteroatoms. The lowest BCUT2D eigenvalue weighted by molar-refractivity contribution is -0.157. The second-order valence-corrected chi connectivity index (χ2v) is 12.2. The van der Waals surface area contributed by atoms with Gasteiger partial charge in [-0.1, -0.05) is 42.5 Å². The second-order valence-electron chi connectivity index (χ2n) is 12.2. The SMILES string of the molecule is CC(=O)Oc1cccc(C23CCN(CC4CC4)CC2C(OC(C)=O)CC(NC(=O)c2ccc4ccccc4c2)C3)c1. The summed E-state index contributed by atoms with van der Waals surface area (Å²) >= 11 is 0. The number of hydrogen-bond donors (Lipinski definition) is 1. The van der Waals surface area contributed by atoms with Crippen molar-refractivity contribution in [3.05, 3.63) is 77.9 Å². The van der Waals surface area contributed by atoms with E-state index in [-0.39, 0.29) is 41.3 Å². The molecule has 3 aliphatic rings. The standard InChI is InChI=1S/C34H38N2O5/c1-22(37)40-30-9-5-8-28(17-30)34-14-15-36(20-24-10-11-24)21-31(34)32(41-23(2)38)18-29(19-34)35-33(39)27-13-12-25-6-3-4-7-26(25)16-27/h3-9,12-13,16-17,24,29,31-32H,10-11,14-15,18-21H2,1-2H3,(H,35,39). The molecular weight excluding hydrogens is 516 g/mol. The van der Waals surface area contributed by atoms with Crippen LogP contribution >= 0.6 is 0 Å². The summed E-state index contributed by atoms with van der Waals surface area (Å²) in [5, 5.41) is 5.41. The minimum Gasteiger partial charge on any atom is -0.462 e. The van der Waals surface area contributed by atoms with Gasteiger partial charge in [0.25, 0.3) is 5.91 Å². The zero-order valence-corrected chi connectivity index (χ0v) is 23.8. The van der Waals surface area contributed by atoms with E-state index in [9.17, 15) is 14.4 Å². The largest absolute Gasteiger partial charge is 0.462 e. The van der Waals surface area contributed by atoms with E-state index in [0.717, 1.165) is 54.7 Å². The molecule has 1 amide bonds. The molecule has 0 aromatic heterocycles. The molecule has 3 aromatic rings. The van der Waals surface area contributed by atoms with Crippen LogP contribution in [0, 0.1) is 11.8 Å². The fraction of sp³-hybridized carbons (Fsp3) is 0.441. The summed E-state index contributed by atoms with van der Waals surface area (Å²) in [5.74, 6) is 0.529. The predicted molar refractivity (Wildman–Crippen MR) is 157 cm³/mol. The fourth-order valence-electron chi connectivity index (χ4n) is 7.18. The van der Waals surface area contributed by atoms with Crippen molar-refractivity contribution in [2.24, 2.45) is 11.8 Å². The van der Waals surface area contributed by atoms with Gasteiger partial charge >= 0.3 is 11.9 Å². The van der Waals surface area contributed by atoms with Crippen LogP contribution in [0.2, 0.25) is 0 Å². The molecule has 1 saturated heterocycles. The molecule has 4 unspecified atom stereocenters. The highest BCUT2D eigenvalue weighted by molar-refractivity contribution is 5.98. The van der Waals surface area contributed by atoms with Gasteiger partial charge in [-0.15, -0.1) is 0 Å². The number of nitrogens with zero attached hydrogens (tertiary/aromatic N) is 1. The number of carbonyl (C=O) groups excluding carboxylic acids is 3. The number of hydrogen-bond acceptors (Lipinski definition) is 6. The summed E-state index contributed by atoms with van der Waals surface area (Å²) in [4.78, 5) is 40.2. The molecule has 4 atom stereocenters. The van der Waals surface area contributed by atoms with Gasteiger partial charge in [-0.05, 0) is 78.7 Å². The van der Waals surface area contributed by atoms with E-state index in [2.05, 4.69) is 16.3 Å². The molecule has 2 aliphatic carbocycles. The minimum absolute atomic E-state index is 0.0558. The number of benzene rings is 3. The average molecular weight is 555 g/mol. The summed E-state index contributed by atoms with van der Waals surface area (Å²) < 4.78 is 11.5. The smallest absolute Gasteiger partial charge is 0.308 e. The molecule has 7 nitrogen and oxygen atoms in total. The van der Waals surface area contributed by atoms with Gasteiger partial charge in [-0.25, -0.2) is 0 Å². The quantitative estimate of drug-likeness (QED) is 0.317. The number of esters is 2. The molecule has 0 radical (unpaired) electrons. The first-order chi connectivity index (χ1) is 19.8. The Bertz CT molecular complexity index is 1470.